The molecule has 2 fully saturated rings. The number of hydrogen-bond acceptors (Lipinski definition) is 8. The maximum atomic E-state index is 12.6. The topological polar surface area (TPSA) is 96.4 Å². The van der Waals surface area contributed by atoms with Crippen LogP contribution in [0.5, 0.6) is 0 Å². The second-order valence-electron chi connectivity index (χ2n) is 8.33. The Morgan fingerprint density at radius 2 is 1.93 bits per heavy atom. The van der Waals surface area contributed by atoms with Crippen molar-refractivity contribution in [1.29, 1.82) is 0 Å². The van der Waals surface area contributed by atoms with Gasteiger partial charge in [-0.2, -0.15) is 0 Å². The Morgan fingerprint density at radius 1 is 1.17 bits per heavy atom. The first kappa shape index (κ1) is 21.2. The molecule has 0 saturated carbocycles. The molecule has 0 aliphatic carbocycles. The summed E-state index contributed by atoms with van der Waals surface area (Å²) in [7, 11) is -3.44. The number of carbonyl (C=O) groups is 1. The van der Waals surface area contributed by atoms with E-state index in [9.17, 15) is 13.2 Å². The molecule has 0 spiro atoms. The minimum atomic E-state index is -3.44. The van der Waals surface area contributed by atoms with Crippen LogP contribution in [0.3, 0.4) is 0 Å². The van der Waals surface area contributed by atoms with Gasteiger partial charge in [0.2, 0.25) is 5.95 Å². The van der Waals surface area contributed by atoms with Gasteiger partial charge in [0.1, 0.15) is 10.6 Å². The average molecular weight is 450 g/mol. The summed E-state index contributed by atoms with van der Waals surface area (Å²) in [5.41, 5.74) is 2.72. The molecule has 0 N–H and O–H groups in total. The summed E-state index contributed by atoms with van der Waals surface area (Å²) in [4.78, 5) is 30.0. The van der Waals surface area contributed by atoms with E-state index in [-0.39, 0.29) is 16.7 Å². The Labute approximate surface area is 181 Å². The zero-order valence-electron chi connectivity index (χ0n) is 17.3. The summed E-state index contributed by atoms with van der Waals surface area (Å²) >= 11 is 1.40. The van der Waals surface area contributed by atoms with Crippen molar-refractivity contribution in [3.8, 4) is 0 Å². The molecule has 2 aromatic rings. The highest BCUT2D eigenvalue weighted by atomic mass is 32.2. The van der Waals surface area contributed by atoms with E-state index >= 15 is 0 Å². The smallest absolute Gasteiger partial charge is 0.273 e. The molecular weight excluding hydrogens is 422 g/mol. The zero-order chi connectivity index (χ0) is 21.3. The van der Waals surface area contributed by atoms with Gasteiger partial charge in [-0.25, -0.2) is 23.4 Å². The maximum Gasteiger partial charge on any atom is 0.273 e. The molecule has 10 heteroatoms. The molecule has 0 aromatic carbocycles. The van der Waals surface area contributed by atoms with Crippen molar-refractivity contribution in [2.45, 2.75) is 43.4 Å². The normalized spacial score (nSPS) is 21.1. The van der Waals surface area contributed by atoms with E-state index in [0.717, 1.165) is 19.5 Å². The Balaban J connectivity index is 1.56. The van der Waals surface area contributed by atoms with Gasteiger partial charge in [0.15, 0.2) is 9.84 Å². The molecule has 30 heavy (non-hydrogen) atoms. The van der Waals surface area contributed by atoms with Gasteiger partial charge in [0.05, 0.1) is 17.4 Å². The van der Waals surface area contributed by atoms with E-state index in [4.69, 9.17) is 4.98 Å². The molecule has 4 heterocycles. The first-order valence-electron chi connectivity index (χ1n) is 10.3. The first-order chi connectivity index (χ1) is 14.3. The van der Waals surface area contributed by atoms with Gasteiger partial charge in [-0.15, -0.1) is 11.3 Å². The monoisotopic (exact) mass is 449 g/mol. The Hall–Kier alpha value is -2.07. The quantitative estimate of drug-likeness (QED) is 0.708. The first-order valence-corrected chi connectivity index (χ1v) is 13.2. The van der Waals surface area contributed by atoms with Crippen LogP contribution in [0.15, 0.2) is 22.0 Å². The molecule has 4 rings (SSSR count). The van der Waals surface area contributed by atoms with Crippen molar-refractivity contribution in [2.75, 3.05) is 37.3 Å². The highest BCUT2D eigenvalue weighted by molar-refractivity contribution is 7.90. The second kappa shape index (κ2) is 8.58. The lowest BCUT2D eigenvalue weighted by Crippen LogP contribution is -2.39. The van der Waals surface area contributed by atoms with Crippen LogP contribution in [0.4, 0.5) is 5.95 Å². The lowest BCUT2D eigenvalue weighted by atomic mass is 9.93. The van der Waals surface area contributed by atoms with E-state index in [0.29, 0.717) is 49.2 Å². The van der Waals surface area contributed by atoms with Gasteiger partial charge >= 0.3 is 0 Å². The van der Waals surface area contributed by atoms with Gasteiger partial charge in [0.25, 0.3) is 5.91 Å². The standard InChI is InChI=1S/C20H27N5O3S2/c1-14-4-3-7-25(11-14)20-21-10-17(30(2,27)28)18(23-20)15-5-8-24(9-6-15)19(26)16-12-29-13-22-16/h10,12-15H,3-9,11H2,1-2H3/t14-/m1/s1. The number of sulfone groups is 1. The fourth-order valence-corrected chi connectivity index (χ4v) is 5.67. The van der Waals surface area contributed by atoms with Gasteiger partial charge in [-0.1, -0.05) is 6.92 Å². The van der Waals surface area contributed by atoms with Crippen LogP contribution in [0.25, 0.3) is 0 Å². The zero-order valence-corrected chi connectivity index (χ0v) is 19.0. The van der Waals surface area contributed by atoms with Crippen molar-refractivity contribution in [2.24, 2.45) is 5.92 Å². The number of nitrogens with zero attached hydrogens (tertiary/aromatic N) is 5. The number of hydrogen-bond donors (Lipinski definition) is 0. The molecule has 2 aliphatic heterocycles. The number of piperidine rings is 2. The molecule has 0 radical (unpaired) electrons. The largest absolute Gasteiger partial charge is 0.341 e. The summed E-state index contributed by atoms with van der Waals surface area (Å²) in [5.74, 6) is 1.10. The van der Waals surface area contributed by atoms with Crippen LogP contribution in [-0.2, 0) is 9.84 Å². The Kier molecular flexibility index (Phi) is 6.06. The van der Waals surface area contributed by atoms with E-state index in [1.54, 1.807) is 15.8 Å². The van der Waals surface area contributed by atoms with Crippen LogP contribution >= 0.6 is 11.3 Å². The minimum absolute atomic E-state index is 0.0156. The molecule has 1 atom stereocenters. The van der Waals surface area contributed by atoms with Crippen LogP contribution in [-0.4, -0.2) is 66.6 Å². The van der Waals surface area contributed by atoms with Crippen LogP contribution in [0, 0.1) is 5.92 Å². The minimum Gasteiger partial charge on any atom is -0.341 e. The van der Waals surface area contributed by atoms with Gasteiger partial charge < -0.3 is 9.80 Å². The van der Waals surface area contributed by atoms with E-state index < -0.39 is 9.84 Å². The number of anilines is 1. The van der Waals surface area contributed by atoms with Gasteiger partial charge in [-0.3, -0.25) is 4.79 Å². The van der Waals surface area contributed by atoms with Crippen LogP contribution in [0.2, 0.25) is 0 Å². The molecule has 162 valence electrons. The number of rotatable bonds is 4. The third-order valence-electron chi connectivity index (χ3n) is 5.93. The molecule has 2 saturated heterocycles. The molecule has 1 amide bonds. The predicted molar refractivity (Wildman–Crippen MR) is 116 cm³/mol. The summed E-state index contributed by atoms with van der Waals surface area (Å²) in [6.07, 6.45) is 6.30. The fraction of sp³-hybridized carbons (Fsp3) is 0.600. The Morgan fingerprint density at radius 3 is 2.57 bits per heavy atom. The number of thiazole rings is 1. The highest BCUT2D eigenvalue weighted by Gasteiger charge is 2.31. The third-order valence-corrected chi connectivity index (χ3v) is 7.63. The van der Waals surface area contributed by atoms with E-state index in [1.807, 2.05) is 0 Å². The molecular formula is C20H27N5O3S2. The Bertz CT molecular complexity index is 1000. The van der Waals surface area contributed by atoms with Crippen molar-refractivity contribution >= 4 is 33.0 Å². The van der Waals surface area contributed by atoms with Gasteiger partial charge in [-0.05, 0) is 31.6 Å². The molecule has 0 bridgehead atoms. The number of likely N-dealkylation sites (tertiary alicyclic amines) is 1. The summed E-state index contributed by atoms with van der Waals surface area (Å²) < 4.78 is 24.8. The molecule has 2 aromatic heterocycles. The summed E-state index contributed by atoms with van der Waals surface area (Å²) in [6.45, 7) is 5.11. The number of amides is 1. The maximum absolute atomic E-state index is 12.6. The van der Waals surface area contributed by atoms with Crippen LogP contribution < -0.4 is 4.90 Å². The summed E-state index contributed by atoms with van der Waals surface area (Å²) in [5, 5.41) is 1.76. The SMILES string of the molecule is C[C@@H]1CCCN(c2ncc(S(C)(=O)=O)c(C3CCN(C(=O)c4cscn4)CC3)n2)C1. The number of carbonyl (C=O) groups excluding carboxylic acids is 1. The predicted octanol–water partition coefficient (Wildman–Crippen LogP) is 2.59. The number of aromatic nitrogens is 3. The highest BCUT2D eigenvalue weighted by Crippen LogP contribution is 2.33. The van der Waals surface area contributed by atoms with E-state index in [2.05, 4.69) is 21.8 Å². The molecule has 2 aliphatic rings. The average Bonchev–Trinajstić information content (AvgIpc) is 3.27. The van der Waals surface area contributed by atoms with E-state index in [1.165, 1.54) is 30.2 Å². The molecule has 8 nitrogen and oxygen atoms in total. The van der Waals surface area contributed by atoms with Crippen molar-refractivity contribution in [3.05, 3.63) is 28.5 Å². The van der Waals surface area contributed by atoms with Crippen molar-refractivity contribution in [1.82, 2.24) is 19.9 Å². The second-order valence-corrected chi connectivity index (χ2v) is 11.0. The fourth-order valence-electron chi connectivity index (χ4n) is 4.31. The molecule has 0 unspecified atom stereocenters. The van der Waals surface area contributed by atoms with Crippen molar-refractivity contribution < 1.29 is 13.2 Å². The van der Waals surface area contributed by atoms with Crippen LogP contribution in [0.1, 0.15) is 54.7 Å². The summed E-state index contributed by atoms with van der Waals surface area (Å²) in [6, 6.07) is 0. The lowest BCUT2D eigenvalue weighted by molar-refractivity contribution is 0.0706. The van der Waals surface area contributed by atoms with Crippen molar-refractivity contribution in [3.63, 3.8) is 0 Å². The third kappa shape index (κ3) is 4.49. The lowest BCUT2D eigenvalue weighted by Gasteiger charge is -2.33. The van der Waals surface area contributed by atoms with Gasteiger partial charge in [0, 0.05) is 43.7 Å².